The van der Waals surface area contributed by atoms with Gasteiger partial charge in [-0.1, -0.05) is 6.07 Å². The Hall–Kier alpha value is -1.59. The molecule has 0 radical (unpaired) electrons. The zero-order chi connectivity index (χ0) is 15.3. The van der Waals surface area contributed by atoms with E-state index in [1.807, 2.05) is 0 Å². The van der Waals surface area contributed by atoms with Crippen molar-refractivity contribution in [3.8, 4) is 0 Å². The van der Waals surface area contributed by atoms with Crippen molar-refractivity contribution in [3.63, 3.8) is 0 Å². The predicted octanol–water partition coefficient (Wildman–Crippen LogP) is 3.26. The van der Waals surface area contributed by atoms with Crippen LogP contribution in [0.4, 0.5) is 17.6 Å². The highest BCUT2D eigenvalue weighted by atomic mass is 19.4. The summed E-state index contributed by atoms with van der Waals surface area (Å²) >= 11 is 0. The van der Waals surface area contributed by atoms with Gasteiger partial charge in [-0.25, -0.2) is 4.39 Å². The van der Waals surface area contributed by atoms with Gasteiger partial charge < -0.3 is 4.90 Å². The third kappa shape index (κ3) is 2.63. The van der Waals surface area contributed by atoms with Crippen LogP contribution in [-0.2, 0) is 17.4 Å². The number of likely N-dealkylation sites (tertiary alicyclic amines) is 1. The Morgan fingerprint density at radius 1 is 1.29 bits per heavy atom. The molecule has 1 heterocycles. The van der Waals surface area contributed by atoms with E-state index in [9.17, 15) is 22.4 Å². The molecule has 2 nitrogen and oxygen atoms in total. The summed E-state index contributed by atoms with van der Waals surface area (Å²) in [7, 11) is 0. The monoisotopic (exact) mass is 301 g/mol. The summed E-state index contributed by atoms with van der Waals surface area (Å²) in [6, 6.07) is 2.89. The SMILES string of the molecule is O=CN1CC2(CC(Cc3ccc(F)cc3C(F)(F)F)C2)C1. The van der Waals surface area contributed by atoms with Crippen LogP contribution in [0.3, 0.4) is 0 Å². The van der Waals surface area contributed by atoms with Crippen molar-refractivity contribution in [1.29, 1.82) is 0 Å². The second-order valence-electron chi connectivity index (χ2n) is 6.29. The summed E-state index contributed by atoms with van der Waals surface area (Å²) in [5.41, 5.74) is -0.578. The van der Waals surface area contributed by atoms with Crippen LogP contribution in [0.1, 0.15) is 24.0 Å². The van der Waals surface area contributed by atoms with Crippen LogP contribution in [-0.4, -0.2) is 24.4 Å². The van der Waals surface area contributed by atoms with Crippen LogP contribution in [0.5, 0.6) is 0 Å². The van der Waals surface area contributed by atoms with Crippen molar-refractivity contribution in [3.05, 3.63) is 35.1 Å². The molecule has 1 saturated heterocycles. The smallest absolute Gasteiger partial charge is 0.344 e. The van der Waals surface area contributed by atoms with Gasteiger partial charge in [-0.3, -0.25) is 4.79 Å². The van der Waals surface area contributed by atoms with E-state index in [2.05, 4.69) is 0 Å². The average Bonchev–Trinajstić information content (AvgIpc) is 2.31. The van der Waals surface area contributed by atoms with Crippen LogP contribution in [0.25, 0.3) is 0 Å². The lowest BCUT2D eigenvalue weighted by atomic mass is 9.56. The highest BCUT2D eigenvalue weighted by molar-refractivity contribution is 5.49. The largest absolute Gasteiger partial charge is 0.416 e. The van der Waals surface area contributed by atoms with Crippen molar-refractivity contribution in [2.45, 2.75) is 25.4 Å². The zero-order valence-electron chi connectivity index (χ0n) is 11.3. The van der Waals surface area contributed by atoms with E-state index in [0.717, 1.165) is 25.3 Å². The fourth-order valence-corrected chi connectivity index (χ4v) is 3.76. The first kappa shape index (κ1) is 14.4. The molecule has 1 aliphatic heterocycles. The minimum Gasteiger partial charge on any atom is -0.344 e. The van der Waals surface area contributed by atoms with Gasteiger partial charge in [-0.15, -0.1) is 0 Å². The first-order valence-electron chi connectivity index (χ1n) is 6.86. The Morgan fingerprint density at radius 2 is 1.95 bits per heavy atom. The summed E-state index contributed by atoms with van der Waals surface area (Å²) in [4.78, 5) is 12.2. The van der Waals surface area contributed by atoms with Gasteiger partial charge in [0.25, 0.3) is 0 Å². The van der Waals surface area contributed by atoms with Crippen molar-refractivity contribution < 1.29 is 22.4 Å². The number of rotatable bonds is 3. The molecule has 1 saturated carbocycles. The molecule has 2 aliphatic rings. The third-order valence-electron chi connectivity index (χ3n) is 4.56. The van der Waals surface area contributed by atoms with E-state index in [1.165, 1.54) is 6.07 Å². The number of carbonyl (C=O) groups is 1. The van der Waals surface area contributed by atoms with Crippen molar-refractivity contribution >= 4 is 6.41 Å². The molecule has 0 N–H and O–H groups in total. The Balaban J connectivity index is 1.66. The lowest BCUT2D eigenvalue weighted by Gasteiger charge is -2.58. The first-order chi connectivity index (χ1) is 9.81. The summed E-state index contributed by atoms with van der Waals surface area (Å²) in [6.45, 7) is 1.42. The molecule has 0 aromatic heterocycles. The van der Waals surface area contributed by atoms with E-state index in [4.69, 9.17) is 0 Å². The van der Waals surface area contributed by atoms with Gasteiger partial charge in [-0.05, 0) is 42.9 Å². The minimum atomic E-state index is -4.52. The molecule has 114 valence electrons. The minimum absolute atomic E-state index is 0.129. The van der Waals surface area contributed by atoms with Crippen LogP contribution >= 0.6 is 0 Å². The Bertz CT molecular complexity index is 555. The predicted molar refractivity (Wildman–Crippen MR) is 67.9 cm³/mol. The van der Waals surface area contributed by atoms with Gasteiger partial charge in [-0.2, -0.15) is 13.2 Å². The molecule has 1 amide bonds. The molecule has 0 atom stereocenters. The van der Waals surface area contributed by atoms with Gasteiger partial charge in [0.2, 0.25) is 6.41 Å². The van der Waals surface area contributed by atoms with E-state index in [1.54, 1.807) is 4.90 Å². The quantitative estimate of drug-likeness (QED) is 0.620. The summed E-state index contributed by atoms with van der Waals surface area (Å²) in [5, 5.41) is 0. The maximum atomic E-state index is 13.0. The molecule has 0 bridgehead atoms. The van der Waals surface area contributed by atoms with Gasteiger partial charge in [0.05, 0.1) is 5.56 Å². The summed E-state index contributed by atoms with van der Waals surface area (Å²) < 4.78 is 51.8. The topological polar surface area (TPSA) is 20.3 Å². The number of benzene rings is 1. The molecule has 2 fully saturated rings. The summed E-state index contributed by atoms with van der Waals surface area (Å²) in [5.74, 6) is -0.679. The van der Waals surface area contributed by atoms with E-state index < -0.39 is 17.6 Å². The van der Waals surface area contributed by atoms with Gasteiger partial charge in [0.1, 0.15) is 5.82 Å². The standard InChI is InChI=1S/C15H15F4NO/c16-12-2-1-11(13(4-12)15(17,18)19)3-10-5-14(6-10)7-20(8-14)9-21/h1-2,4,9-10H,3,5-8H2. The van der Waals surface area contributed by atoms with Crippen LogP contribution < -0.4 is 0 Å². The molecule has 1 aromatic carbocycles. The molecule has 0 unspecified atom stereocenters. The third-order valence-corrected chi connectivity index (χ3v) is 4.56. The van der Waals surface area contributed by atoms with Gasteiger partial charge >= 0.3 is 6.18 Å². The molecule has 21 heavy (non-hydrogen) atoms. The second kappa shape index (κ2) is 4.71. The fourth-order valence-electron chi connectivity index (χ4n) is 3.76. The number of alkyl halides is 3. The van der Waals surface area contributed by atoms with Crippen LogP contribution in [0.15, 0.2) is 18.2 Å². The molecular formula is C15H15F4NO. The Kier molecular flexibility index (Phi) is 3.22. The number of carbonyl (C=O) groups excluding carboxylic acids is 1. The number of hydrogen-bond acceptors (Lipinski definition) is 1. The van der Waals surface area contributed by atoms with Crippen molar-refractivity contribution in [2.24, 2.45) is 11.3 Å². The number of halogens is 4. The summed E-state index contributed by atoms with van der Waals surface area (Å²) in [6.07, 6.45) is -1.72. The van der Waals surface area contributed by atoms with E-state index >= 15 is 0 Å². The highest BCUT2D eigenvalue weighted by Crippen LogP contribution is 2.52. The van der Waals surface area contributed by atoms with Crippen molar-refractivity contribution in [1.82, 2.24) is 4.90 Å². The maximum Gasteiger partial charge on any atom is 0.416 e. The highest BCUT2D eigenvalue weighted by Gasteiger charge is 2.52. The van der Waals surface area contributed by atoms with Crippen molar-refractivity contribution in [2.75, 3.05) is 13.1 Å². The fraction of sp³-hybridized carbons (Fsp3) is 0.533. The normalized spacial score (nSPS) is 21.0. The van der Waals surface area contributed by atoms with Gasteiger partial charge in [0, 0.05) is 18.5 Å². The maximum absolute atomic E-state index is 13.0. The number of amides is 1. The zero-order valence-corrected chi connectivity index (χ0v) is 11.3. The van der Waals surface area contributed by atoms with E-state index in [-0.39, 0.29) is 16.9 Å². The number of hydrogen-bond donors (Lipinski definition) is 0. The van der Waals surface area contributed by atoms with Crippen LogP contribution in [0, 0.1) is 17.2 Å². The average molecular weight is 301 g/mol. The Labute approximate surface area is 119 Å². The molecular weight excluding hydrogens is 286 g/mol. The molecule has 3 rings (SSSR count). The van der Waals surface area contributed by atoms with Gasteiger partial charge in [0.15, 0.2) is 0 Å². The van der Waals surface area contributed by atoms with E-state index in [0.29, 0.717) is 25.6 Å². The van der Waals surface area contributed by atoms with Crippen LogP contribution in [0.2, 0.25) is 0 Å². The molecule has 1 aliphatic carbocycles. The molecule has 1 aromatic rings. The molecule has 1 spiro atoms. The lowest BCUT2D eigenvalue weighted by molar-refractivity contribution is -0.143. The number of nitrogens with zero attached hydrogens (tertiary/aromatic N) is 1. The lowest BCUT2D eigenvalue weighted by Crippen LogP contribution is -2.61. The second-order valence-corrected chi connectivity index (χ2v) is 6.29. The first-order valence-corrected chi connectivity index (χ1v) is 6.86. The molecule has 6 heteroatoms. The Morgan fingerprint density at radius 3 is 2.52 bits per heavy atom.